The van der Waals surface area contributed by atoms with Crippen molar-refractivity contribution in [1.82, 2.24) is 9.80 Å². The summed E-state index contributed by atoms with van der Waals surface area (Å²) in [6, 6.07) is -0.0323. The maximum atomic E-state index is 12.9. The number of rotatable bonds is 2. The molecule has 1 aliphatic carbocycles. The third-order valence-electron chi connectivity index (χ3n) is 5.30. The van der Waals surface area contributed by atoms with E-state index in [1.54, 1.807) is 0 Å². The Labute approximate surface area is 121 Å². The Balaban J connectivity index is 1.85. The second-order valence-electron chi connectivity index (χ2n) is 6.50. The van der Waals surface area contributed by atoms with Gasteiger partial charge in [0.25, 0.3) is 0 Å². The van der Waals surface area contributed by atoms with Crippen molar-refractivity contribution in [2.75, 3.05) is 6.54 Å². The predicted octanol–water partition coefficient (Wildman–Crippen LogP) is 2.32. The van der Waals surface area contributed by atoms with Crippen LogP contribution in [-0.2, 0) is 9.59 Å². The zero-order chi connectivity index (χ0) is 14.1. The molecule has 0 aromatic rings. The first-order valence-electron chi connectivity index (χ1n) is 8.36. The molecule has 0 N–H and O–H groups in total. The zero-order valence-electron chi connectivity index (χ0n) is 12.5. The highest BCUT2D eigenvalue weighted by atomic mass is 16.2. The third kappa shape index (κ3) is 2.23. The van der Waals surface area contributed by atoms with Crippen molar-refractivity contribution in [3.8, 4) is 0 Å². The van der Waals surface area contributed by atoms with Crippen molar-refractivity contribution in [2.24, 2.45) is 0 Å². The quantitative estimate of drug-likeness (QED) is 0.727. The molecule has 2 aliphatic heterocycles. The highest BCUT2D eigenvalue weighted by molar-refractivity contribution is 5.97. The van der Waals surface area contributed by atoms with Crippen molar-refractivity contribution in [2.45, 2.75) is 82.8 Å². The molecule has 2 heterocycles. The molecule has 20 heavy (non-hydrogen) atoms. The Hall–Kier alpha value is -1.06. The van der Waals surface area contributed by atoms with Crippen LogP contribution in [0.5, 0.6) is 0 Å². The first-order valence-corrected chi connectivity index (χ1v) is 8.36. The minimum absolute atomic E-state index is 0.145. The van der Waals surface area contributed by atoms with Crippen LogP contribution in [0.15, 0.2) is 0 Å². The van der Waals surface area contributed by atoms with Gasteiger partial charge in [0, 0.05) is 12.6 Å². The number of amides is 2. The molecule has 0 aromatic carbocycles. The van der Waals surface area contributed by atoms with Gasteiger partial charge in [0.15, 0.2) is 0 Å². The van der Waals surface area contributed by atoms with Crippen LogP contribution >= 0.6 is 0 Å². The van der Waals surface area contributed by atoms with E-state index in [0.717, 1.165) is 38.6 Å². The van der Waals surface area contributed by atoms with Gasteiger partial charge in [-0.3, -0.25) is 9.59 Å². The highest BCUT2D eigenvalue weighted by Gasteiger charge is 2.48. The van der Waals surface area contributed by atoms with Crippen molar-refractivity contribution in [1.29, 1.82) is 0 Å². The van der Waals surface area contributed by atoms with E-state index in [-0.39, 0.29) is 23.9 Å². The van der Waals surface area contributed by atoms with Crippen LogP contribution in [0.4, 0.5) is 0 Å². The number of hydrogen-bond acceptors (Lipinski definition) is 2. The molecule has 3 rings (SSSR count). The first-order chi connectivity index (χ1) is 9.74. The van der Waals surface area contributed by atoms with E-state index in [0.29, 0.717) is 6.04 Å². The average Bonchev–Trinajstić information content (AvgIpc) is 2.80. The van der Waals surface area contributed by atoms with E-state index in [9.17, 15) is 9.59 Å². The molecule has 0 radical (unpaired) electrons. The number of carbonyl (C=O) groups excluding carboxylic acids is 2. The molecular weight excluding hydrogens is 252 g/mol. The van der Waals surface area contributed by atoms with Crippen molar-refractivity contribution in [3.05, 3.63) is 0 Å². The van der Waals surface area contributed by atoms with Gasteiger partial charge < -0.3 is 9.80 Å². The molecule has 2 atom stereocenters. The van der Waals surface area contributed by atoms with Crippen LogP contribution in [0.25, 0.3) is 0 Å². The maximum Gasteiger partial charge on any atom is 0.246 e. The molecule has 0 aromatic heterocycles. The topological polar surface area (TPSA) is 40.6 Å². The molecule has 0 spiro atoms. The number of carbonyl (C=O) groups is 2. The fourth-order valence-electron chi connectivity index (χ4n) is 4.27. The summed E-state index contributed by atoms with van der Waals surface area (Å²) in [5.41, 5.74) is 0. The Morgan fingerprint density at radius 2 is 1.65 bits per heavy atom. The Kier molecular flexibility index (Phi) is 3.99. The van der Waals surface area contributed by atoms with Gasteiger partial charge >= 0.3 is 0 Å². The second-order valence-corrected chi connectivity index (χ2v) is 6.50. The Bertz CT molecular complexity index is 388. The summed E-state index contributed by atoms with van der Waals surface area (Å²) in [5, 5.41) is 0. The van der Waals surface area contributed by atoms with E-state index in [2.05, 4.69) is 0 Å². The van der Waals surface area contributed by atoms with Crippen molar-refractivity contribution < 1.29 is 9.59 Å². The number of fused-ring (bicyclic) bond motifs is 1. The number of hydrogen-bond donors (Lipinski definition) is 0. The zero-order valence-corrected chi connectivity index (χ0v) is 12.5. The summed E-state index contributed by atoms with van der Waals surface area (Å²) in [5.74, 6) is 0.444. The third-order valence-corrected chi connectivity index (χ3v) is 5.30. The van der Waals surface area contributed by atoms with E-state index in [4.69, 9.17) is 0 Å². The van der Waals surface area contributed by atoms with Crippen LogP contribution in [0.2, 0.25) is 0 Å². The first kappa shape index (κ1) is 13.9. The summed E-state index contributed by atoms with van der Waals surface area (Å²) in [7, 11) is 0. The smallest absolute Gasteiger partial charge is 0.246 e. The molecule has 3 aliphatic rings. The Morgan fingerprint density at radius 3 is 2.30 bits per heavy atom. The molecule has 2 unspecified atom stereocenters. The van der Waals surface area contributed by atoms with E-state index in [1.807, 2.05) is 16.7 Å². The molecule has 112 valence electrons. The summed E-state index contributed by atoms with van der Waals surface area (Å²) >= 11 is 0. The monoisotopic (exact) mass is 278 g/mol. The van der Waals surface area contributed by atoms with Gasteiger partial charge in [-0.25, -0.2) is 0 Å². The van der Waals surface area contributed by atoms with Crippen LogP contribution in [0, 0.1) is 0 Å². The van der Waals surface area contributed by atoms with Gasteiger partial charge in [-0.2, -0.15) is 0 Å². The molecule has 4 nitrogen and oxygen atoms in total. The standard InChI is InChI=1S/C16H26N2O2/c1-2-13-15(19)17-11-7-10-14(17)16(20)18(13)12-8-5-3-4-6-9-12/h12-14H,2-11H2,1H3. The largest absolute Gasteiger partial charge is 0.329 e. The Morgan fingerprint density at radius 1 is 0.950 bits per heavy atom. The van der Waals surface area contributed by atoms with Gasteiger partial charge in [0.1, 0.15) is 12.1 Å². The van der Waals surface area contributed by atoms with Crippen molar-refractivity contribution in [3.63, 3.8) is 0 Å². The lowest BCUT2D eigenvalue weighted by Crippen LogP contribution is -2.65. The van der Waals surface area contributed by atoms with E-state index < -0.39 is 0 Å². The van der Waals surface area contributed by atoms with Crippen LogP contribution in [0.3, 0.4) is 0 Å². The van der Waals surface area contributed by atoms with E-state index in [1.165, 1.54) is 25.7 Å². The van der Waals surface area contributed by atoms with Gasteiger partial charge in [0.2, 0.25) is 11.8 Å². The average molecular weight is 278 g/mol. The molecule has 3 fully saturated rings. The predicted molar refractivity (Wildman–Crippen MR) is 77.2 cm³/mol. The van der Waals surface area contributed by atoms with Crippen molar-refractivity contribution >= 4 is 11.8 Å². The van der Waals surface area contributed by atoms with Gasteiger partial charge in [-0.1, -0.05) is 32.6 Å². The second kappa shape index (κ2) is 5.74. The highest BCUT2D eigenvalue weighted by Crippen LogP contribution is 2.33. The lowest BCUT2D eigenvalue weighted by atomic mass is 9.97. The number of nitrogens with zero attached hydrogens (tertiary/aromatic N) is 2. The fraction of sp³-hybridized carbons (Fsp3) is 0.875. The lowest BCUT2D eigenvalue weighted by molar-refractivity contribution is -0.162. The molecule has 0 bridgehead atoms. The summed E-state index contributed by atoms with van der Waals surface area (Å²) in [4.78, 5) is 29.4. The molecular formula is C16H26N2O2. The molecule has 4 heteroatoms. The molecule has 1 saturated carbocycles. The van der Waals surface area contributed by atoms with Crippen LogP contribution in [-0.4, -0.2) is 46.3 Å². The summed E-state index contributed by atoms with van der Waals surface area (Å²) in [6.07, 6.45) is 9.73. The summed E-state index contributed by atoms with van der Waals surface area (Å²) in [6.45, 7) is 2.82. The maximum absolute atomic E-state index is 12.9. The number of piperazine rings is 1. The fourth-order valence-corrected chi connectivity index (χ4v) is 4.27. The molecule has 2 amide bonds. The minimum Gasteiger partial charge on any atom is -0.329 e. The van der Waals surface area contributed by atoms with Crippen LogP contribution < -0.4 is 0 Å². The lowest BCUT2D eigenvalue weighted by Gasteiger charge is -2.45. The molecule has 2 saturated heterocycles. The van der Waals surface area contributed by atoms with E-state index >= 15 is 0 Å². The summed E-state index contributed by atoms with van der Waals surface area (Å²) < 4.78 is 0. The normalized spacial score (nSPS) is 32.5. The minimum atomic E-state index is -0.194. The van der Waals surface area contributed by atoms with Gasteiger partial charge in [0.05, 0.1) is 0 Å². The van der Waals surface area contributed by atoms with Gasteiger partial charge in [-0.05, 0) is 32.1 Å². The SMILES string of the molecule is CCC1C(=O)N2CCCC2C(=O)N1C1CCCCCC1. The van der Waals surface area contributed by atoms with Crippen LogP contribution in [0.1, 0.15) is 64.7 Å². The van der Waals surface area contributed by atoms with Gasteiger partial charge in [-0.15, -0.1) is 0 Å².